The second-order valence-electron chi connectivity index (χ2n) is 6.84. The number of ether oxygens (including phenoxy) is 1. The Balaban J connectivity index is 1.42. The molecule has 30 heavy (non-hydrogen) atoms. The second kappa shape index (κ2) is 8.61. The van der Waals surface area contributed by atoms with Crippen LogP contribution < -0.4 is 15.6 Å². The van der Waals surface area contributed by atoms with Gasteiger partial charge in [-0.05, 0) is 60.5 Å². The minimum absolute atomic E-state index is 0.141. The van der Waals surface area contributed by atoms with Crippen molar-refractivity contribution in [3.05, 3.63) is 101 Å². The average molecular weight is 399 g/mol. The summed E-state index contributed by atoms with van der Waals surface area (Å²) in [5.41, 5.74) is 2.84. The van der Waals surface area contributed by atoms with E-state index in [2.05, 4.69) is 10.3 Å². The summed E-state index contributed by atoms with van der Waals surface area (Å²) in [4.78, 5) is 29.4. The first-order chi connectivity index (χ1) is 14.7. The van der Waals surface area contributed by atoms with E-state index in [4.69, 9.17) is 4.74 Å². The van der Waals surface area contributed by atoms with Gasteiger partial charge in [0.25, 0.3) is 11.5 Å². The van der Waals surface area contributed by atoms with E-state index in [1.165, 1.54) is 10.9 Å². The molecule has 150 valence electrons. The van der Waals surface area contributed by atoms with Gasteiger partial charge in [0.2, 0.25) is 0 Å². The summed E-state index contributed by atoms with van der Waals surface area (Å²) in [5.74, 6) is 0.655. The lowest BCUT2D eigenvalue weighted by molar-refractivity contribution is 0.0954. The summed E-state index contributed by atoms with van der Waals surface area (Å²) in [6, 6.07) is 21.9. The number of fused-ring (bicyclic) bond motifs is 1. The van der Waals surface area contributed by atoms with Gasteiger partial charge in [0.05, 0.1) is 23.7 Å². The van der Waals surface area contributed by atoms with Gasteiger partial charge in [0, 0.05) is 12.1 Å². The van der Waals surface area contributed by atoms with Crippen LogP contribution in [0.1, 0.15) is 15.9 Å². The molecule has 4 rings (SSSR count). The number of nitrogens with one attached hydrogen (secondary N) is 1. The minimum atomic E-state index is -0.154. The number of nitrogens with zero attached hydrogens (tertiary/aromatic N) is 2. The van der Waals surface area contributed by atoms with Crippen molar-refractivity contribution in [3.8, 4) is 11.4 Å². The Kier molecular flexibility index (Phi) is 5.57. The van der Waals surface area contributed by atoms with Crippen LogP contribution in [0.5, 0.6) is 5.75 Å². The lowest BCUT2D eigenvalue weighted by Gasteiger charge is -2.09. The number of para-hydroxylation sites is 1. The number of rotatable bonds is 6. The quantitative estimate of drug-likeness (QED) is 0.540. The summed E-state index contributed by atoms with van der Waals surface area (Å²) in [5, 5.41) is 3.48. The van der Waals surface area contributed by atoms with Crippen molar-refractivity contribution in [3.63, 3.8) is 0 Å². The van der Waals surface area contributed by atoms with Crippen molar-refractivity contribution < 1.29 is 9.53 Å². The van der Waals surface area contributed by atoms with Crippen molar-refractivity contribution in [1.82, 2.24) is 14.9 Å². The number of carbonyl (C=O) groups is 1. The maximum atomic E-state index is 12.7. The number of hydrogen-bond donors (Lipinski definition) is 1. The molecule has 0 atom stereocenters. The zero-order valence-electron chi connectivity index (χ0n) is 16.5. The molecule has 0 radical (unpaired) electrons. The number of methoxy groups -OCH3 is 1. The van der Waals surface area contributed by atoms with E-state index < -0.39 is 0 Å². The highest BCUT2D eigenvalue weighted by Gasteiger charge is 2.08. The SMILES string of the molecule is COc1ccc(CCNC(=O)c2ccc(-n3cnc4ccccc4c3=O)cc2)cc1. The summed E-state index contributed by atoms with van der Waals surface area (Å²) < 4.78 is 6.62. The lowest BCUT2D eigenvalue weighted by Crippen LogP contribution is -2.25. The Labute approximate surface area is 173 Å². The summed E-state index contributed by atoms with van der Waals surface area (Å²) in [6.07, 6.45) is 2.24. The standard InChI is InChI=1S/C24H21N3O3/c1-30-20-12-6-17(7-13-20)14-15-25-23(28)18-8-10-19(11-9-18)27-16-26-22-5-3-2-4-21(22)24(27)29/h2-13,16H,14-15H2,1H3,(H,25,28). The van der Waals surface area contributed by atoms with Gasteiger partial charge in [-0.3, -0.25) is 14.2 Å². The van der Waals surface area contributed by atoms with E-state index in [0.29, 0.717) is 28.7 Å². The summed E-state index contributed by atoms with van der Waals surface area (Å²) in [6.45, 7) is 0.529. The van der Waals surface area contributed by atoms with Crippen molar-refractivity contribution >= 4 is 16.8 Å². The number of aromatic nitrogens is 2. The largest absolute Gasteiger partial charge is 0.497 e. The van der Waals surface area contributed by atoms with Crippen LogP contribution in [0.25, 0.3) is 16.6 Å². The molecule has 0 spiro atoms. The molecule has 0 aliphatic carbocycles. The first kappa shape index (κ1) is 19.4. The van der Waals surface area contributed by atoms with Crippen molar-refractivity contribution in [2.45, 2.75) is 6.42 Å². The van der Waals surface area contributed by atoms with Gasteiger partial charge in [-0.15, -0.1) is 0 Å². The predicted molar refractivity (Wildman–Crippen MR) is 116 cm³/mol. The molecule has 1 heterocycles. The smallest absolute Gasteiger partial charge is 0.265 e. The van der Waals surface area contributed by atoms with Gasteiger partial charge in [-0.25, -0.2) is 4.98 Å². The highest BCUT2D eigenvalue weighted by atomic mass is 16.5. The zero-order chi connectivity index (χ0) is 20.9. The molecule has 0 aliphatic heterocycles. The molecule has 3 aromatic carbocycles. The molecular formula is C24H21N3O3. The van der Waals surface area contributed by atoms with Crippen LogP contribution >= 0.6 is 0 Å². The van der Waals surface area contributed by atoms with Crippen LogP contribution in [0, 0.1) is 0 Å². The fourth-order valence-electron chi connectivity index (χ4n) is 3.24. The van der Waals surface area contributed by atoms with Gasteiger partial charge in [0.15, 0.2) is 0 Å². The molecule has 4 aromatic rings. The zero-order valence-corrected chi connectivity index (χ0v) is 16.5. The molecule has 0 fully saturated rings. The fourth-order valence-corrected chi connectivity index (χ4v) is 3.24. The van der Waals surface area contributed by atoms with Gasteiger partial charge >= 0.3 is 0 Å². The molecule has 0 saturated heterocycles. The molecule has 6 nitrogen and oxygen atoms in total. The maximum absolute atomic E-state index is 12.7. The molecule has 1 amide bonds. The lowest BCUT2D eigenvalue weighted by atomic mass is 10.1. The second-order valence-corrected chi connectivity index (χ2v) is 6.84. The number of carbonyl (C=O) groups excluding carboxylic acids is 1. The van der Waals surface area contributed by atoms with E-state index in [0.717, 1.165) is 17.7 Å². The first-order valence-corrected chi connectivity index (χ1v) is 9.64. The average Bonchev–Trinajstić information content (AvgIpc) is 2.80. The first-order valence-electron chi connectivity index (χ1n) is 9.64. The molecular weight excluding hydrogens is 378 g/mol. The van der Waals surface area contributed by atoms with Crippen LogP contribution in [-0.2, 0) is 6.42 Å². The topological polar surface area (TPSA) is 73.2 Å². The van der Waals surface area contributed by atoms with Crippen LogP contribution in [0.15, 0.2) is 83.9 Å². The van der Waals surface area contributed by atoms with Crippen LogP contribution in [0.4, 0.5) is 0 Å². The molecule has 0 bridgehead atoms. The predicted octanol–water partition coefficient (Wildman–Crippen LogP) is 3.37. The monoisotopic (exact) mass is 399 g/mol. The van der Waals surface area contributed by atoms with Crippen molar-refractivity contribution in [2.75, 3.05) is 13.7 Å². The van der Waals surface area contributed by atoms with Gasteiger partial charge in [-0.2, -0.15) is 0 Å². The maximum Gasteiger partial charge on any atom is 0.265 e. The third-order valence-corrected chi connectivity index (χ3v) is 4.93. The van der Waals surface area contributed by atoms with Gasteiger partial charge < -0.3 is 10.1 Å². The van der Waals surface area contributed by atoms with E-state index >= 15 is 0 Å². The summed E-state index contributed by atoms with van der Waals surface area (Å²) >= 11 is 0. The molecule has 0 unspecified atom stereocenters. The number of amides is 1. The van der Waals surface area contributed by atoms with Crippen molar-refractivity contribution in [2.24, 2.45) is 0 Å². The third kappa shape index (κ3) is 4.07. The molecule has 0 saturated carbocycles. The Morgan fingerprint density at radius 1 is 1.00 bits per heavy atom. The highest BCUT2D eigenvalue weighted by Crippen LogP contribution is 2.12. The Bertz CT molecular complexity index is 1230. The Hall–Kier alpha value is -3.93. The molecule has 1 N–H and O–H groups in total. The Morgan fingerprint density at radius 2 is 1.73 bits per heavy atom. The summed E-state index contributed by atoms with van der Waals surface area (Å²) in [7, 11) is 1.63. The van der Waals surface area contributed by atoms with E-state index in [-0.39, 0.29) is 11.5 Å². The highest BCUT2D eigenvalue weighted by molar-refractivity contribution is 5.94. The Morgan fingerprint density at radius 3 is 2.47 bits per heavy atom. The third-order valence-electron chi connectivity index (χ3n) is 4.93. The van der Waals surface area contributed by atoms with Crippen LogP contribution in [-0.4, -0.2) is 29.1 Å². The van der Waals surface area contributed by atoms with Crippen LogP contribution in [0.2, 0.25) is 0 Å². The normalized spacial score (nSPS) is 10.7. The van der Waals surface area contributed by atoms with Gasteiger partial charge in [0.1, 0.15) is 12.1 Å². The van der Waals surface area contributed by atoms with Gasteiger partial charge in [-0.1, -0.05) is 24.3 Å². The van der Waals surface area contributed by atoms with E-state index in [1.54, 1.807) is 43.5 Å². The molecule has 1 aromatic heterocycles. The van der Waals surface area contributed by atoms with Crippen molar-refractivity contribution in [1.29, 1.82) is 0 Å². The molecule has 6 heteroatoms. The fraction of sp³-hybridized carbons (Fsp3) is 0.125. The number of benzene rings is 3. The minimum Gasteiger partial charge on any atom is -0.497 e. The van der Waals surface area contributed by atoms with E-state index in [1.807, 2.05) is 36.4 Å². The number of hydrogen-bond acceptors (Lipinski definition) is 4. The molecule has 0 aliphatic rings. The van der Waals surface area contributed by atoms with E-state index in [9.17, 15) is 9.59 Å². The van der Waals surface area contributed by atoms with Crippen LogP contribution in [0.3, 0.4) is 0 Å².